The number of methoxy groups -OCH3 is 1. The van der Waals surface area contributed by atoms with Gasteiger partial charge in [0.15, 0.2) is 0 Å². The largest absolute Gasteiger partial charge is 0.469 e. The molecule has 0 bridgehead atoms. The third-order valence-corrected chi connectivity index (χ3v) is 2.99. The molecule has 0 saturated heterocycles. The normalized spacial score (nSPS) is 10.1. The predicted octanol–water partition coefficient (Wildman–Crippen LogP) is 2.29. The highest BCUT2D eigenvalue weighted by molar-refractivity contribution is 5.69. The zero-order chi connectivity index (χ0) is 14.4. The number of nitro groups is 1. The van der Waals surface area contributed by atoms with E-state index in [0.29, 0.717) is 24.9 Å². The van der Waals surface area contributed by atoms with Gasteiger partial charge in [0.05, 0.1) is 12.0 Å². The molecule has 6 nitrogen and oxygen atoms in total. The first-order valence-electron chi connectivity index (χ1n) is 5.99. The first-order chi connectivity index (χ1) is 8.97. The molecule has 0 saturated carbocycles. The van der Waals surface area contributed by atoms with E-state index in [1.807, 2.05) is 18.0 Å². The molecule has 0 spiro atoms. The SMILES string of the molecule is COC(=O)CCCN(C)c1cccc([N+](=O)[O-])c1C. The molecule has 0 amide bonds. The molecule has 0 aromatic heterocycles. The van der Waals surface area contributed by atoms with E-state index in [1.165, 1.54) is 13.2 Å². The number of nitrogens with zero attached hydrogens (tertiary/aromatic N) is 2. The highest BCUT2D eigenvalue weighted by Gasteiger charge is 2.15. The van der Waals surface area contributed by atoms with Crippen LogP contribution in [0.4, 0.5) is 11.4 Å². The summed E-state index contributed by atoms with van der Waals surface area (Å²) < 4.78 is 4.57. The zero-order valence-electron chi connectivity index (χ0n) is 11.4. The smallest absolute Gasteiger partial charge is 0.305 e. The molecule has 19 heavy (non-hydrogen) atoms. The Labute approximate surface area is 112 Å². The van der Waals surface area contributed by atoms with Crippen LogP contribution in [0.2, 0.25) is 0 Å². The minimum Gasteiger partial charge on any atom is -0.469 e. The molecule has 0 aliphatic heterocycles. The van der Waals surface area contributed by atoms with E-state index in [4.69, 9.17) is 0 Å². The van der Waals surface area contributed by atoms with Crippen LogP contribution in [0.3, 0.4) is 0 Å². The Balaban J connectivity index is 2.72. The van der Waals surface area contributed by atoms with E-state index in [1.54, 1.807) is 13.0 Å². The van der Waals surface area contributed by atoms with Gasteiger partial charge in [-0.25, -0.2) is 0 Å². The second-order valence-corrected chi connectivity index (χ2v) is 4.28. The maximum absolute atomic E-state index is 11.0. The lowest BCUT2D eigenvalue weighted by Crippen LogP contribution is -2.20. The lowest BCUT2D eigenvalue weighted by Gasteiger charge is -2.20. The fraction of sp³-hybridized carbons (Fsp3) is 0.462. The van der Waals surface area contributed by atoms with Gasteiger partial charge in [0.1, 0.15) is 0 Å². The fourth-order valence-electron chi connectivity index (χ4n) is 1.91. The van der Waals surface area contributed by atoms with Gasteiger partial charge in [-0.3, -0.25) is 14.9 Å². The second-order valence-electron chi connectivity index (χ2n) is 4.28. The van der Waals surface area contributed by atoms with Crippen molar-refractivity contribution in [1.29, 1.82) is 0 Å². The van der Waals surface area contributed by atoms with Gasteiger partial charge in [-0.2, -0.15) is 0 Å². The van der Waals surface area contributed by atoms with E-state index >= 15 is 0 Å². The first-order valence-corrected chi connectivity index (χ1v) is 5.99. The fourth-order valence-corrected chi connectivity index (χ4v) is 1.91. The van der Waals surface area contributed by atoms with Crippen molar-refractivity contribution >= 4 is 17.3 Å². The summed E-state index contributed by atoms with van der Waals surface area (Å²) in [5, 5.41) is 10.9. The number of anilines is 1. The summed E-state index contributed by atoms with van der Waals surface area (Å²) >= 11 is 0. The Bertz CT molecular complexity index is 474. The Hall–Kier alpha value is -2.11. The molecule has 0 radical (unpaired) electrons. The number of ether oxygens (including phenoxy) is 1. The van der Waals surface area contributed by atoms with E-state index in [2.05, 4.69) is 4.74 Å². The van der Waals surface area contributed by atoms with Crippen molar-refractivity contribution in [3.8, 4) is 0 Å². The molecular weight excluding hydrogens is 248 g/mol. The highest BCUT2D eigenvalue weighted by atomic mass is 16.6. The summed E-state index contributed by atoms with van der Waals surface area (Å²) in [6.07, 6.45) is 0.986. The predicted molar refractivity (Wildman–Crippen MR) is 72.4 cm³/mol. The van der Waals surface area contributed by atoms with Gasteiger partial charge in [-0.1, -0.05) is 6.07 Å². The molecular formula is C13H18N2O4. The van der Waals surface area contributed by atoms with Crippen LogP contribution in [0, 0.1) is 17.0 Å². The minimum absolute atomic E-state index is 0.109. The summed E-state index contributed by atoms with van der Waals surface area (Å²) in [5.41, 5.74) is 1.55. The topological polar surface area (TPSA) is 72.7 Å². The van der Waals surface area contributed by atoms with Crippen molar-refractivity contribution in [2.75, 3.05) is 25.6 Å². The van der Waals surface area contributed by atoms with E-state index in [-0.39, 0.29) is 16.6 Å². The molecule has 0 unspecified atom stereocenters. The third-order valence-electron chi connectivity index (χ3n) is 2.99. The highest BCUT2D eigenvalue weighted by Crippen LogP contribution is 2.27. The molecule has 0 aliphatic rings. The van der Waals surface area contributed by atoms with Gasteiger partial charge in [-0.05, 0) is 19.4 Å². The van der Waals surface area contributed by atoms with Crippen molar-refractivity contribution < 1.29 is 14.5 Å². The van der Waals surface area contributed by atoms with Crippen molar-refractivity contribution in [1.82, 2.24) is 0 Å². The lowest BCUT2D eigenvalue weighted by atomic mass is 10.1. The molecule has 0 atom stereocenters. The quantitative estimate of drug-likeness (QED) is 0.448. The molecule has 0 fully saturated rings. The number of hydrogen-bond donors (Lipinski definition) is 0. The number of carbonyl (C=O) groups is 1. The summed E-state index contributed by atoms with van der Waals surface area (Å²) in [5.74, 6) is -0.246. The van der Waals surface area contributed by atoms with E-state index < -0.39 is 0 Å². The Kier molecular flexibility index (Phi) is 5.29. The number of rotatable bonds is 6. The van der Waals surface area contributed by atoms with Crippen LogP contribution in [0.1, 0.15) is 18.4 Å². The number of hydrogen-bond acceptors (Lipinski definition) is 5. The molecule has 1 aromatic rings. The van der Waals surface area contributed by atoms with E-state index in [9.17, 15) is 14.9 Å². The van der Waals surface area contributed by atoms with Gasteiger partial charge in [0.25, 0.3) is 5.69 Å². The Morgan fingerprint density at radius 3 is 2.74 bits per heavy atom. The maximum atomic E-state index is 11.0. The molecule has 0 heterocycles. The minimum atomic E-state index is -0.388. The van der Waals surface area contributed by atoms with E-state index in [0.717, 1.165) is 5.69 Å². The van der Waals surface area contributed by atoms with Crippen LogP contribution in [0.15, 0.2) is 18.2 Å². The zero-order valence-corrected chi connectivity index (χ0v) is 11.4. The number of benzene rings is 1. The maximum Gasteiger partial charge on any atom is 0.305 e. The van der Waals surface area contributed by atoms with Crippen molar-refractivity contribution in [3.63, 3.8) is 0 Å². The average Bonchev–Trinajstić information content (AvgIpc) is 2.38. The molecule has 1 aromatic carbocycles. The van der Waals surface area contributed by atoms with Crippen molar-refractivity contribution in [2.45, 2.75) is 19.8 Å². The summed E-state index contributed by atoms with van der Waals surface area (Å²) in [7, 11) is 3.21. The molecule has 0 N–H and O–H groups in total. The second kappa shape index (κ2) is 6.72. The lowest BCUT2D eigenvalue weighted by molar-refractivity contribution is -0.385. The monoisotopic (exact) mass is 266 g/mol. The first kappa shape index (κ1) is 14.9. The van der Waals surface area contributed by atoms with Crippen LogP contribution >= 0.6 is 0 Å². The van der Waals surface area contributed by atoms with Gasteiger partial charge in [0.2, 0.25) is 0 Å². The summed E-state index contributed by atoms with van der Waals surface area (Å²) in [6.45, 7) is 2.36. The average molecular weight is 266 g/mol. The van der Waals surface area contributed by atoms with Crippen LogP contribution in [0.5, 0.6) is 0 Å². The van der Waals surface area contributed by atoms with Crippen LogP contribution in [0.25, 0.3) is 0 Å². The van der Waals surface area contributed by atoms with Crippen molar-refractivity contribution in [2.24, 2.45) is 0 Å². The standard InChI is InChI=1S/C13H18N2O4/c1-10-11(6-4-7-12(10)15(17)18)14(2)9-5-8-13(16)19-3/h4,6-7H,5,8-9H2,1-3H3. The molecule has 6 heteroatoms. The van der Waals surface area contributed by atoms with Gasteiger partial charge in [0, 0.05) is 37.3 Å². The van der Waals surface area contributed by atoms with Crippen LogP contribution in [-0.4, -0.2) is 31.6 Å². The van der Waals surface area contributed by atoms with Crippen LogP contribution < -0.4 is 4.90 Å². The van der Waals surface area contributed by atoms with Gasteiger partial charge < -0.3 is 9.64 Å². The molecule has 0 aliphatic carbocycles. The van der Waals surface area contributed by atoms with Crippen LogP contribution in [-0.2, 0) is 9.53 Å². The summed E-state index contributed by atoms with van der Waals surface area (Å²) in [6, 6.07) is 4.98. The van der Waals surface area contributed by atoms with Gasteiger partial charge in [-0.15, -0.1) is 0 Å². The van der Waals surface area contributed by atoms with Gasteiger partial charge >= 0.3 is 5.97 Å². The van der Waals surface area contributed by atoms with Crippen molar-refractivity contribution in [3.05, 3.63) is 33.9 Å². The number of esters is 1. The Morgan fingerprint density at radius 1 is 1.47 bits per heavy atom. The number of carbonyl (C=O) groups excluding carboxylic acids is 1. The third kappa shape index (κ3) is 3.94. The Morgan fingerprint density at radius 2 is 2.16 bits per heavy atom. The molecule has 1 rings (SSSR count). The summed E-state index contributed by atoms with van der Waals surface area (Å²) in [4.78, 5) is 23.4. The molecule has 104 valence electrons. The number of nitro benzene ring substituents is 1.